The fourth-order valence-corrected chi connectivity index (χ4v) is 9.82. The Kier molecular flexibility index (Phi) is 8.76. The van der Waals surface area contributed by atoms with Gasteiger partial charge < -0.3 is 48.4 Å². The van der Waals surface area contributed by atoms with Crippen LogP contribution in [0.25, 0.3) is 32.7 Å². The highest BCUT2D eigenvalue weighted by atomic mass is 31.1. The van der Waals surface area contributed by atoms with Gasteiger partial charge in [0.1, 0.15) is 11.5 Å². The fraction of sp³-hybridized carbons (Fsp3) is 0.100. The van der Waals surface area contributed by atoms with E-state index in [1.807, 2.05) is 60.7 Å². The number of ether oxygens (including phenoxy) is 4. The van der Waals surface area contributed by atoms with E-state index in [9.17, 15) is 20.4 Å². The summed E-state index contributed by atoms with van der Waals surface area (Å²) >= 11 is 0. The molecule has 8 rings (SSSR count). The lowest BCUT2D eigenvalue weighted by atomic mass is 9.92. The molecule has 4 aliphatic heterocycles. The van der Waals surface area contributed by atoms with E-state index in [1.165, 1.54) is 49.4 Å². The Morgan fingerprint density at radius 3 is 1.04 bits per heavy atom. The molecule has 4 heterocycles. The van der Waals surface area contributed by atoms with Gasteiger partial charge in [-0.05, 0) is 82.3 Å². The van der Waals surface area contributed by atoms with Gasteiger partial charge in [0.15, 0.2) is 0 Å². The van der Waals surface area contributed by atoms with E-state index >= 15 is 0 Å². The SMILES string of the molecule is OC1(P(Oc2ccc3ccccc3c2-c2c(OP(C3(O)C=CC=CO3)C3(O)C=CC=CO3)ccc3ccccc23)C2(O)C=CC=CO2)C=CC=CO1. The van der Waals surface area contributed by atoms with Crippen molar-refractivity contribution in [3.8, 4) is 22.6 Å². The maximum absolute atomic E-state index is 11.9. The molecule has 0 bridgehead atoms. The largest absolute Gasteiger partial charge is 0.459 e. The maximum Gasteiger partial charge on any atom is 0.289 e. The van der Waals surface area contributed by atoms with Crippen molar-refractivity contribution in [2.24, 2.45) is 0 Å². The molecule has 0 aliphatic carbocycles. The summed E-state index contributed by atoms with van der Waals surface area (Å²) in [4.78, 5) is 0. The molecular weight excluding hydrogens is 702 g/mol. The van der Waals surface area contributed by atoms with Gasteiger partial charge in [-0.15, -0.1) is 0 Å². The van der Waals surface area contributed by atoms with Gasteiger partial charge >= 0.3 is 0 Å². The summed E-state index contributed by atoms with van der Waals surface area (Å²) in [5.74, 6) is 0.502. The Bertz CT molecular complexity index is 2050. The molecule has 4 aliphatic rings. The Morgan fingerprint density at radius 2 is 0.731 bits per heavy atom. The lowest BCUT2D eigenvalue weighted by Gasteiger charge is -2.41. The van der Waals surface area contributed by atoms with Crippen molar-refractivity contribution in [1.82, 2.24) is 0 Å². The van der Waals surface area contributed by atoms with Gasteiger partial charge in [0.25, 0.3) is 22.1 Å². The molecule has 0 fully saturated rings. The van der Waals surface area contributed by atoms with Crippen molar-refractivity contribution in [2.75, 3.05) is 0 Å². The van der Waals surface area contributed by atoms with E-state index in [4.69, 9.17) is 28.0 Å². The summed E-state index contributed by atoms with van der Waals surface area (Å²) in [6, 6.07) is 22.6. The highest BCUT2D eigenvalue weighted by Gasteiger charge is 2.57. The predicted molar refractivity (Wildman–Crippen MR) is 199 cm³/mol. The number of allylic oxidation sites excluding steroid dienone is 8. The summed E-state index contributed by atoms with van der Waals surface area (Å²) in [6.07, 6.45) is 23.6. The van der Waals surface area contributed by atoms with Gasteiger partial charge in [0.05, 0.1) is 25.0 Å². The second-order valence-electron chi connectivity index (χ2n) is 11.9. The minimum Gasteiger partial charge on any atom is -0.459 e. The van der Waals surface area contributed by atoms with Gasteiger partial charge in [-0.25, -0.2) is 0 Å². The molecule has 4 unspecified atom stereocenters. The van der Waals surface area contributed by atoms with Crippen LogP contribution < -0.4 is 9.05 Å². The molecular formula is C40H32O10P2. The van der Waals surface area contributed by atoms with E-state index in [0.717, 1.165) is 21.5 Å². The first-order chi connectivity index (χ1) is 25.2. The van der Waals surface area contributed by atoms with Crippen LogP contribution in [0.4, 0.5) is 0 Å². The fourth-order valence-electron chi connectivity index (χ4n) is 6.17. The van der Waals surface area contributed by atoms with Crippen LogP contribution in [0.3, 0.4) is 0 Å². The Balaban J connectivity index is 1.36. The van der Waals surface area contributed by atoms with Crippen molar-refractivity contribution in [2.45, 2.75) is 22.1 Å². The van der Waals surface area contributed by atoms with Crippen molar-refractivity contribution < 1.29 is 48.4 Å². The number of rotatable bonds is 9. The predicted octanol–water partition coefficient (Wildman–Crippen LogP) is 8.20. The van der Waals surface area contributed by atoms with Crippen molar-refractivity contribution in [1.29, 1.82) is 0 Å². The third-order valence-corrected chi connectivity index (χ3v) is 12.7. The van der Waals surface area contributed by atoms with Crippen LogP contribution in [0.1, 0.15) is 0 Å². The molecule has 0 aromatic heterocycles. The molecule has 4 N–H and O–H groups in total. The molecule has 262 valence electrons. The summed E-state index contributed by atoms with van der Waals surface area (Å²) in [7, 11) is -5.01. The molecule has 0 saturated carbocycles. The minimum atomic E-state index is -2.51. The maximum atomic E-state index is 11.9. The van der Waals surface area contributed by atoms with Gasteiger partial charge in [-0.3, -0.25) is 0 Å². The quantitative estimate of drug-likeness (QED) is 0.125. The molecule has 0 amide bonds. The van der Waals surface area contributed by atoms with Crippen LogP contribution >= 0.6 is 16.3 Å². The van der Waals surface area contributed by atoms with Gasteiger partial charge in [-0.2, -0.15) is 0 Å². The van der Waals surface area contributed by atoms with Crippen molar-refractivity contribution >= 4 is 37.8 Å². The average molecular weight is 735 g/mol. The lowest BCUT2D eigenvalue weighted by molar-refractivity contribution is -0.0982. The van der Waals surface area contributed by atoms with Gasteiger partial charge in [-0.1, -0.05) is 85.0 Å². The van der Waals surface area contributed by atoms with Gasteiger partial charge in [0.2, 0.25) is 16.3 Å². The standard InChI is InChI=1S/C40H32O10P2/c41-37(21-5-9-25-45-37)51(38(42)22-6-10-26-46-38)49-33-19-17-29-13-1-3-15-31(29)35(33)36-32-16-4-2-14-30(32)18-20-34(36)50-52(39(43)23-7-11-27-47-39)40(44)24-8-12-28-48-40/h1-28,41-44H. The smallest absolute Gasteiger partial charge is 0.289 e. The molecule has 52 heavy (non-hydrogen) atoms. The first-order valence-corrected chi connectivity index (χ1v) is 18.7. The average Bonchev–Trinajstić information content (AvgIpc) is 3.16. The summed E-state index contributed by atoms with van der Waals surface area (Å²) in [5.41, 5.74) is -7.41. The molecule has 0 radical (unpaired) electrons. The normalized spacial score (nSPS) is 28.2. The Hall–Kier alpha value is -5.18. The van der Waals surface area contributed by atoms with Crippen LogP contribution in [0.5, 0.6) is 11.5 Å². The number of aliphatic hydroxyl groups is 4. The first-order valence-electron chi connectivity index (χ1n) is 16.2. The topological polar surface area (TPSA) is 136 Å². The number of hydrogen-bond acceptors (Lipinski definition) is 10. The van der Waals surface area contributed by atoms with E-state index in [1.54, 1.807) is 60.7 Å². The molecule has 10 nitrogen and oxygen atoms in total. The summed E-state index contributed by atoms with van der Waals surface area (Å²) < 4.78 is 36.4. The molecule has 12 heteroatoms. The highest BCUT2D eigenvalue weighted by molar-refractivity contribution is 7.56. The number of hydrogen-bond donors (Lipinski definition) is 4. The molecule has 0 spiro atoms. The first kappa shape index (κ1) is 33.9. The molecule has 4 aromatic carbocycles. The third-order valence-electron chi connectivity index (χ3n) is 8.55. The second kappa shape index (κ2) is 13.4. The summed E-state index contributed by atoms with van der Waals surface area (Å²) in [5, 5.41) is 50.8. The zero-order chi connectivity index (χ0) is 35.8. The van der Waals surface area contributed by atoms with Crippen LogP contribution in [0.15, 0.2) is 171 Å². The van der Waals surface area contributed by atoms with E-state index in [0.29, 0.717) is 11.1 Å². The van der Waals surface area contributed by atoms with Crippen molar-refractivity contribution in [3.05, 3.63) is 171 Å². The minimum absolute atomic E-state index is 0.251. The van der Waals surface area contributed by atoms with Crippen molar-refractivity contribution in [3.63, 3.8) is 0 Å². The lowest BCUT2D eigenvalue weighted by Crippen LogP contribution is -2.41. The monoisotopic (exact) mass is 734 g/mol. The molecule has 4 aromatic rings. The summed E-state index contributed by atoms with van der Waals surface area (Å²) in [6.45, 7) is 0. The van der Waals surface area contributed by atoms with E-state index < -0.39 is 38.4 Å². The highest BCUT2D eigenvalue weighted by Crippen LogP contribution is 2.65. The number of benzene rings is 4. The van der Waals surface area contributed by atoms with Crippen LogP contribution in [-0.4, -0.2) is 42.5 Å². The Labute approximate surface area is 301 Å². The zero-order valence-corrected chi connectivity index (χ0v) is 29.1. The van der Waals surface area contributed by atoms with Crippen LogP contribution in [0, 0.1) is 0 Å². The molecule has 0 saturated heterocycles. The van der Waals surface area contributed by atoms with Gasteiger partial charge in [0, 0.05) is 11.1 Å². The Morgan fingerprint density at radius 1 is 0.404 bits per heavy atom. The van der Waals surface area contributed by atoms with E-state index in [2.05, 4.69) is 0 Å². The third kappa shape index (κ3) is 6.10. The zero-order valence-electron chi connectivity index (χ0n) is 27.3. The number of fused-ring (bicyclic) bond motifs is 2. The van der Waals surface area contributed by atoms with Crippen LogP contribution in [0.2, 0.25) is 0 Å². The van der Waals surface area contributed by atoms with Crippen LogP contribution in [-0.2, 0) is 18.9 Å². The molecule has 4 atom stereocenters. The second-order valence-corrected chi connectivity index (χ2v) is 16.1. The van der Waals surface area contributed by atoms with E-state index in [-0.39, 0.29) is 11.5 Å².